The van der Waals surface area contributed by atoms with Gasteiger partial charge in [-0.15, -0.1) is 0 Å². The highest BCUT2D eigenvalue weighted by Gasteiger charge is 2.45. The molecule has 0 radical (unpaired) electrons. The molecule has 0 aromatic carbocycles. The molecule has 0 amide bonds. The fourth-order valence-corrected chi connectivity index (χ4v) is 2.66. The van der Waals surface area contributed by atoms with E-state index in [1.165, 1.54) is 17.2 Å². The highest BCUT2D eigenvalue weighted by atomic mass is 31.2. The van der Waals surface area contributed by atoms with Crippen LogP contribution in [0.15, 0.2) is 12.7 Å². The van der Waals surface area contributed by atoms with Crippen LogP contribution in [0.1, 0.15) is 6.23 Å². The number of hydrogen-bond donors (Lipinski definition) is 7. The smallest absolute Gasteiger partial charge is 0.395 e. The van der Waals surface area contributed by atoms with Gasteiger partial charge in [0.05, 0.1) is 19.5 Å². The SMILES string of the molecule is NCCO.Nc1ncnc2c1ncn2[C@@H]1O[C@H](COP(=O)(O)O)[C@@H](O)[C@H]1O. The number of nitrogens with two attached hydrogens (primary N) is 2. The first kappa shape index (κ1) is 21.6. The maximum atomic E-state index is 10.7. The molecule has 3 heterocycles. The van der Waals surface area contributed by atoms with Gasteiger partial charge in [0, 0.05) is 6.54 Å². The minimum atomic E-state index is -4.72. The first-order chi connectivity index (χ1) is 12.7. The van der Waals surface area contributed by atoms with Crippen molar-refractivity contribution in [3.8, 4) is 0 Å². The number of phosphoric ester groups is 1. The average Bonchev–Trinajstić information content (AvgIpc) is 3.16. The van der Waals surface area contributed by atoms with E-state index in [1.54, 1.807) is 0 Å². The summed E-state index contributed by atoms with van der Waals surface area (Å²) in [6, 6.07) is 0. The van der Waals surface area contributed by atoms with Gasteiger partial charge in [-0.1, -0.05) is 0 Å². The van der Waals surface area contributed by atoms with Crippen LogP contribution in [0, 0.1) is 0 Å². The summed E-state index contributed by atoms with van der Waals surface area (Å²) in [7, 11) is -4.72. The quantitative estimate of drug-likeness (QED) is 0.246. The summed E-state index contributed by atoms with van der Waals surface area (Å²) in [5.41, 5.74) is 11.0. The van der Waals surface area contributed by atoms with Gasteiger partial charge in [0.2, 0.25) is 0 Å². The fraction of sp³-hybridized carbons (Fsp3) is 0.583. The molecule has 0 unspecified atom stereocenters. The van der Waals surface area contributed by atoms with Gasteiger partial charge in [0.1, 0.15) is 30.2 Å². The van der Waals surface area contributed by atoms with Crippen LogP contribution in [0.25, 0.3) is 11.2 Å². The van der Waals surface area contributed by atoms with Crippen LogP contribution in [0.2, 0.25) is 0 Å². The van der Waals surface area contributed by atoms with Crippen LogP contribution in [-0.4, -0.2) is 82.7 Å². The van der Waals surface area contributed by atoms with Gasteiger partial charge in [-0.25, -0.2) is 19.5 Å². The second-order valence-electron chi connectivity index (χ2n) is 5.43. The normalized spacial score (nSPS) is 25.4. The number of nitrogen functional groups attached to an aromatic ring is 1. The number of anilines is 1. The molecule has 1 saturated heterocycles. The van der Waals surface area contributed by atoms with Gasteiger partial charge >= 0.3 is 7.82 Å². The van der Waals surface area contributed by atoms with Gasteiger partial charge in [0.25, 0.3) is 0 Å². The Kier molecular flexibility index (Phi) is 7.16. The zero-order valence-electron chi connectivity index (χ0n) is 13.9. The lowest BCUT2D eigenvalue weighted by molar-refractivity contribution is -0.0504. The van der Waals surface area contributed by atoms with Gasteiger partial charge in [0.15, 0.2) is 17.7 Å². The zero-order chi connectivity index (χ0) is 20.2. The van der Waals surface area contributed by atoms with Crippen molar-refractivity contribution in [2.45, 2.75) is 24.5 Å². The van der Waals surface area contributed by atoms with E-state index in [0.717, 1.165) is 0 Å². The molecule has 2 aromatic rings. The predicted molar refractivity (Wildman–Crippen MR) is 89.8 cm³/mol. The average molecular weight is 408 g/mol. The topological polar surface area (TPSA) is 232 Å². The third-order valence-electron chi connectivity index (χ3n) is 3.53. The Morgan fingerprint density at radius 1 is 1.26 bits per heavy atom. The molecular formula is C12H21N6O8P. The fourth-order valence-electron chi connectivity index (χ4n) is 2.32. The number of fused-ring (bicyclic) bond motifs is 1. The molecule has 3 rings (SSSR count). The van der Waals surface area contributed by atoms with Crippen molar-refractivity contribution in [1.82, 2.24) is 19.5 Å². The van der Waals surface area contributed by atoms with Crippen molar-refractivity contribution in [2.75, 3.05) is 25.5 Å². The molecule has 0 spiro atoms. The van der Waals surface area contributed by atoms with Crippen LogP contribution in [0.5, 0.6) is 0 Å². The van der Waals surface area contributed by atoms with E-state index in [1.807, 2.05) is 0 Å². The molecule has 14 nitrogen and oxygen atoms in total. The number of aliphatic hydroxyl groups is 3. The summed E-state index contributed by atoms with van der Waals surface area (Å²) in [5.74, 6) is 0.142. The Bertz CT molecular complexity index is 797. The minimum absolute atomic E-state index is 0.0972. The number of imidazole rings is 1. The molecule has 1 aliphatic rings. The molecule has 1 aliphatic heterocycles. The molecule has 27 heavy (non-hydrogen) atoms. The Labute approximate surface area is 152 Å². The molecule has 1 fully saturated rings. The first-order valence-electron chi connectivity index (χ1n) is 7.65. The van der Waals surface area contributed by atoms with Crippen LogP contribution in [-0.2, 0) is 13.8 Å². The second-order valence-corrected chi connectivity index (χ2v) is 6.67. The molecule has 152 valence electrons. The standard InChI is InChI=1S/C10H14N5O7P.C2H7NO/c11-8-5-9(13-2-12-8)15(3-14-5)10-7(17)6(16)4(22-10)1-21-23(18,19)20;3-1-2-4/h2-4,6-7,10,16-17H,1H2,(H2,11,12,13)(H2,18,19,20);4H,1-3H2/t4-,6-,7-,10-;/m1./s1. The van der Waals surface area contributed by atoms with Gasteiger partial charge in [-0.3, -0.25) is 9.09 Å². The van der Waals surface area contributed by atoms with Crippen molar-refractivity contribution >= 4 is 24.8 Å². The molecule has 0 aliphatic carbocycles. The van der Waals surface area contributed by atoms with Crippen molar-refractivity contribution in [1.29, 1.82) is 0 Å². The van der Waals surface area contributed by atoms with Crippen molar-refractivity contribution in [3.63, 3.8) is 0 Å². The molecule has 0 bridgehead atoms. The summed E-state index contributed by atoms with van der Waals surface area (Å²) >= 11 is 0. The number of phosphoric acid groups is 1. The first-order valence-corrected chi connectivity index (χ1v) is 9.18. The van der Waals surface area contributed by atoms with Crippen molar-refractivity contribution < 1.29 is 38.9 Å². The van der Waals surface area contributed by atoms with E-state index < -0.39 is 39.0 Å². The number of ether oxygens (including phenoxy) is 1. The zero-order valence-corrected chi connectivity index (χ0v) is 14.8. The lowest BCUT2D eigenvalue weighted by atomic mass is 10.1. The molecule has 15 heteroatoms. The van der Waals surface area contributed by atoms with E-state index in [4.69, 9.17) is 31.1 Å². The van der Waals surface area contributed by atoms with E-state index in [-0.39, 0.29) is 18.1 Å². The Morgan fingerprint density at radius 3 is 2.52 bits per heavy atom. The molecule has 0 saturated carbocycles. The minimum Gasteiger partial charge on any atom is -0.395 e. The molecule has 9 N–H and O–H groups in total. The number of hydrogen-bond acceptors (Lipinski definition) is 11. The summed E-state index contributed by atoms with van der Waals surface area (Å²) in [6.45, 7) is -0.122. The van der Waals surface area contributed by atoms with Crippen LogP contribution >= 0.6 is 7.82 Å². The lowest BCUT2D eigenvalue weighted by Crippen LogP contribution is -2.33. The number of rotatable bonds is 5. The highest BCUT2D eigenvalue weighted by Crippen LogP contribution is 2.38. The summed E-state index contributed by atoms with van der Waals surface area (Å²) in [6.07, 6.45) is -2.49. The number of aromatic nitrogens is 4. The predicted octanol–water partition coefficient (Wildman–Crippen LogP) is -2.93. The highest BCUT2D eigenvalue weighted by molar-refractivity contribution is 7.46. The van der Waals surface area contributed by atoms with E-state index in [9.17, 15) is 14.8 Å². The van der Waals surface area contributed by atoms with Crippen molar-refractivity contribution in [3.05, 3.63) is 12.7 Å². The molecule has 2 aromatic heterocycles. The van der Waals surface area contributed by atoms with E-state index >= 15 is 0 Å². The summed E-state index contributed by atoms with van der Waals surface area (Å²) in [5, 5.41) is 27.8. The van der Waals surface area contributed by atoms with Gasteiger partial charge in [-0.2, -0.15) is 0 Å². The maximum absolute atomic E-state index is 10.7. The Hall–Kier alpha value is -1.74. The Morgan fingerprint density at radius 2 is 1.93 bits per heavy atom. The van der Waals surface area contributed by atoms with Crippen LogP contribution in [0.3, 0.4) is 0 Å². The van der Waals surface area contributed by atoms with Crippen LogP contribution < -0.4 is 11.5 Å². The van der Waals surface area contributed by atoms with Crippen molar-refractivity contribution in [2.24, 2.45) is 5.73 Å². The molecule has 4 atom stereocenters. The Balaban J connectivity index is 0.000000596. The number of nitrogens with zero attached hydrogens (tertiary/aromatic N) is 4. The summed E-state index contributed by atoms with van der Waals surface area (Å²) < 4.78 is 21.8. The monoisotopic (exact) mass is 408 g/mol. The maximum Gasteiger partial charge on any atom is 0.469 e. The van der Waals surface area contributed by atoms with Crippen LogP contribution in [0.4, 0.5) is 5.82 Å². The largest absolute Gasteiger partial charge is 0.469 e. The van der Waals surface area contributed by atoms with Gasteiger partial charge < -0.3 is 41.3 Å². The third-order valence-corrected chi connectivity index (χ3v) is 4.02. The van der Waals surface area contributed by atoms with Gasteiger partial charge in [-0.05, 0) is 0 Å². The number of aliphatic hydroxyl groups excluding tert-OH is 3. The van der Waals surface area contributed by atoms with E-state index in [2.05, 4.69) is 19.5 Å². The van der Waals surface area contributed by atoms with E-state index in [0.29, 0.717) is 12.1 Å². The molecular weight excluding hydrogens is 387 g/mol. The summed E-state index contributed by atoms with van der Waals surface area (Å²) in [4.78, 5) is 29.2. The lowest BCUT2D eigenvalue weighted by Gasteiger charge is -2.16. The second kappa shape index (κ2) is 8.97. The third kappa shape index (κ3) is 5.16.